The maximum absolute atomic E-state index is 13.9. The number of rotatable bonds is 6. The number of carbonyl (C=O) groups is 2. The van der Waals surface area contributed by atoms with Crippen LogP contribution in [0.5, 0.6) is 0 Å². The minimum absolute atomic E-state index is 0.0488. The van der Waals surface area contributed by atoms with Crippen LogP contribution in [0.25, 0.3) is 0 Å². The molecule has 0 spiro atoms. The highest BCUT2D eigenvalue weighted by atomic mass is 19.1. The molecule has 0 saturated carbocycles. The Labute approximate surface area is 170 Å². The van der Waals surface area contributed by atoms with Crippen molar-refractivity contribution < 1.29 is 14.0 Å². The first-order chi connectivity index (χ1) is 13.9. The Morgan fingerprint density at radius 2 is 1.41 bits per heavy atom. The third kappa shape index (κ3) is 4.69. The van der Waals surface area contributed by atoms with Crippen molar-refractivity contribution in [2.45, 2.75) is 20.4 Å². The maximum atomic E-state index is 13.9. The summed E-state index contributed by atoms with van der Waals surface area (Å²) >= 11 is 0. The second-order valence-corrected chi connectivity index (χ2v) is 7.27. The molecule has 0 aliphatic carbocycles. The molecule has 3 rings (SSSR count). The first kappa shape index (κ1) is 20.3. The molecule has 0 aromatic heterocycles. The number of benzene rings is 3. The van der Waals surface area contributed by atoms with Crippen molar-refractivity contribution >= 4 is 23.2 Å². The Morgan fingerprint density at radius 1 is 0.862 bits per heavy atom. The fourth-order valence-electron chi connectivity index (χ4n) is 2.93. The Morgan fingerprint density at radius 3 is 2.03 bits per heavy atom. The number of nitrogens with zero attached hydrogens (tertiary/aromatic N) is 1. The molecule has 0 bridgehead atoms. The van der Waals surface area contributed by atoms with Crippen LogP contribution in [0, 0.1) is 11.2 Å². The van der Waals surface area contributed by atoms with E-state index < -0.39 is 17.1 Å². The molecule has 3 aromatic carbocycles. The van der Waals surface area contributed by atoms with Crippen molar-refractivity contribution in [3.05, 3.63) is 96.3 Å². The Bertz CT molecular complexity index is 988. The number of amides is 2. The van der Waals surface area contributed by atoms with E-state index in [1.807, 2.05) is 60.7 Å². The molecule has 5 heteroatoms. The summed E-state index contributed by atoms with van der Waals surface area (Å²) in [5, 5.41) is 2.54. The first-order valence-electron chi connectivity index (χ1n) is 9.36. The molecule has 0 heterocycles. The predicted molar refractivity (Wildman–Crippen MR) is 113 cm³/mol. The highest BCUT2D eigenvalue weighted by molar-refractivity contribution is 6.14. The molecule has 0 saturated heterocycles. The quantitative estimate of drug-likeness (QED) is 0.601. The average molecular weight is 390 g/mol. The second kappa shape index (κ2) is 8.69. The van der Waals surface area contributed by atoms with E-state index in [0.29, 0.717) is 12.2 Å². The summed E-state index contributed by atoms with van der Waals surface area (Å²) in [6.07, 6.45) is 0. The molecule has 0 atom stereocenters. The van der Waals surface area contributed by atoms with E-state index in [0.717, 1.165) is 5.56 Å². The molecule has 0 radical (unpaired) electrons. The van der Waals surface area contributed by atoms with E-state index in [4.69, 9.17) is 0 Å². The van der Waals surface area contributed by atoms with Gasteiger partial charge >= 0.3 is 0 Å². The Kier molecular flexibility index (Phi) is 6.07. The van der Waals surface area contributed by atoms with Crippen LogP contribution in [-0.4, -0.2) is 11.8 Å². The second-order valence-electron chi connectivity index (χ2n) is 7.27. The molecule has 0 aliphatic heterocycles. The fourth-order valence-corrected chi connectivity index (χ4v) is 2.93. The number of nitrogens with one attached hydrogen (secondary N) is 1. The van der Waals surface area contributed by atoms with Crippen LogP contribution in [0.2, 0.25) is 0 Å². The van der Waals surface area contributed by atoms with Crippen LogP contribution in [0.15, 0.2) is 84.9 Å². The Hall–Kier alpha value is -3.47. The largest absolute Gasteiger partial charge is 0.323 e. The smallest absolute Gasteiger partial charge is 0.242 e. The average Bonchev–Trinajstić information content (AvgIpc) is 2.74. The molecule has 3 aromatic rings. The number of anilines is 2. The molecule has 2 amide bonds. The topological polar surface area (TPSA) is 49.4 Å². The minimum Gasteiger partial charge on any atom is -0.323 e. The van der Waals surface area contributed by atoms with Gasteiger partial charge in [-0.1, -0.05) is 60.7 Å². The number of para-hydroxylation sites is 2. The molecule has 0 unspecified atom stereocenters. The number of carbonyl (C=O) groups excluding carboxylic acids is 2. The van der Waals surface area contributed by atoms with E-state index in [2.05, 4.69) is 5.32 Å². The molecular formula is C24H23FN2O2. The van der Waals surface area contributed by atoms with E-state index in [-0.39, 0.29) is 11.6 Å². The monoisotopic (exact) mass is 390 g/mol. The number of halogens is 1. The van der Waals surface area contributed by atoms with Gasteiger partial charge in [0.25, 0.3) is 0 Å². The summed E-state index contributed by atoms with van der Waals surface area (Å²) in [5.41, 5.74) is 0.267. The van der Waals surface area contributed by atoms with Gasteiger partial charge in [0.15, 0.2) is 0 Å². The van der Waals surface area contributed by atoms with Gasteiger partial charge in [-0.25, -0.2) is 4.39 Å². The molecule has 4 nitrogen and oxygen atoms in total. The summed E-state index contributed by atoms with van der Waals surface area (Å²) in [7, 11) is 0. The van der Waals surface area contributed by atoms with Crippen molar-refractivity contribution in [3.63, 3.8) is 0 Å². The number of hydrogen-bond donors (Lipinski definition) is 1. The zero-order valence-electron chi connectivity index (χ0n) is 16.4. The number of hydrogen-bond acceptors (Lipinski definition) is 2. The van der Waals surface area contributed by atoms with Crippen LogP contribution < -0.4 is 10.2 Å². The van der Waals surface area contributed by atoms with Gasteiger partial charge in [-0.2, -0.15) is 0 Å². The van der Waals surface area contributed by atoms with Crippen LogP contribution in [0.4, 0.5) is 15.8 Å². The summed E-state index contributed by atoms with van der Waals surface area (Å²) in [6, 6.07) is 24.6. The normalized spacial score (nSPS) is 11.0. The lowest BCUT2D eigenvalue weighted by atomic mass is 9.89. The minimum atomic E-state index is -1.41. The van der Waals surface area contributed by atoms with Gasteiger partial charge in [0.05, 0.1) is 12.2 Å². The van der Waals surface area contributed by atoms with Gasteiger partial charge < -0.3 is 10.2 Å². The van der Waals surface area contributed by atoms with Crippen LogP contribution in [0.1, 0.15) is 19.4 Å². The highest BCUT2D eigenvalue weighted by Gasteiger charge is 2.40. The van der Waals surface area contributed by atoms with Gasteiger partial charge in [0.2, 0.25) is 11.8 Å². The third-order valence-electron chi connectivity index (χ3n) is 4.72. The molecule has 0 fully saturated rings. The molecule has 0 aliphatic rings. The van der Waals surface area contributed by atoms with Gasteiger partial charge in [0.1, 0.15) is 11.2 Å². The van der Waals surface area contributed by atoms with E-state index in [9.17, 15) is 14.0 Å². The standard InChI is InChI=1S/C24H23FN2O2/c1-24(2,22(28)26-21-16-10-9-15-20(21)25)23(29)27(19-13-7-4-8-14-19)17-18-11-5-3-6-12-18/h3-16H,17H2,1-2H3,(H,26,28). The molecular weight excluding hydrogens is 367 g/mol. The lowest BCUT2D eigenvalue weighted by molar-refractivity contribution is -0.136. The SMILES string of the molecule is CC(C)(C(=O)Nc1ccccc1F)C(=O)N(Cc1ccccc1)c1ccccc1. The van der Waals surface area contributed by atoms with Crippen molar-refractivity contribution in [3.8, 4) is 0 Å². The Balaban J connectivity index is 1.89. The third-order valence-corrected chi connectivity index (χ3v) is 4.72. The van der Waals surface area contributed by atoms with Gasteiger partial charge in [0, 0.05) is 5.69 Å². The summed E-state index contributed by atoms with van der Waals surface area (Å²) in [5.74, 6) is -1.49. The lowest BCUT2D eigenvalue weighted by Gasteiger charge is -2.31. The van der Waals surface area contributed by atoms with Gasteiger partial charge in [-0.15, -0.1) is 0 Å². The van der Waals surface area contributed by atoms with Crippen molar-refractivity contribution in [2.24, 2.45) is 5.41 Å². The van der Waals surface area contributed by atoms with Gasteiger partial charge in [-0.05, 0) is 43.7 Å². The molecule has 29 heavy (non-hydrogen) atoms. The van der Waals surface area contributed by atoms with Crippen molar-refractivity contribution in [2.75, 3.05) is 10.2 Å². The summed E-state index contributed by atoms with van der Waals surface area (Å²) in [4.78, 5) is 27.9. The molecule has 1 N–H and O–H groups in total. The summed E-state index contributed by atoms with van der Waals surface area (Å²) in [6.45, 7) is 3.42. The molecule has 148 valence electrons. The van der Waals surface area contributed by atoms with Crippen molar-refractivity contribution in [1.82, 2.24) is 0 Å². The van der Waals surface area contributed by atoms with Crippen LogP contribution in [-0.2, 0) is 16.1 Å². The fraction of sp³-hybridized carbons (Fsp3) is 0.167. The summed E-state index contributed by atoms with van der Waals surface area (Å²) < 4.78 is 13.9. The maximum Gasteiger partial charge on any atom is 0.242 e. The highest BCUT2D eigenvalue weighted by Crippen LogP contribution is 2.27. The lowest BCUT2D eigenvalue weighted by Crippen LogP contribution is -2.47. The zero-order chi connectivity index (χ0) is 20.9. The van der Waals surface area contributed by atoms with E-state index in [1.54, 1.807) is 24.8 Å². The van der Waals surface area contributed by atoms with E-state index >= 15 is 0 Å². The van der Waals surface area contributed by atoms with Gasteiger partial charge in [-0.3, -0.25) is 9.59 Å². The van der Waals surface area contributed by atoms with Crippen molar-refractivity contribution in [1.29, 1.82) is 0 Å². The van der Waals surface area contributed by atoms with Crippen LogP contribution in [0.3, 0.4) is 0 Å². The van der Waals surface area contributed by atoms with Crippen LogP contribution >= 0.6 is 0 Å². The first-order valence-corrected chi connectivity index (χ1v) is 9.36. The predicted octanol–water partition coefficient (Wildman–Crippen LogP) is 5.02. The van der Waals surface area contributed by atoms with E-state index in [1.165, 1.54) is 18.2 Å². The zero-order valence-corrected chi connectivity index (χ0v) is 16.4.